The van der Waals surface area contributed by atoms with Crippen LogP contribution in [0.4, 0.5) is 20.2 Å². The van der Waals surface area contributed by atoms with E-state index < -0.39 is 36.4 Å². The number of nitrogens with one attached hydrogen (secondary N) is 1. The normalized spacial score (nSPS) is 13.4. The molecule has 178 valence electrons. The quantitative estimate of drug-likeness (QED) is 0.400. The number of hydrogen-bond acceptors (Lipinski definition) is 6. The van der Waals surface area contributed by atoms with E-state index in [1.54, 1.807) is 24.3 Å². The van der Waals surface area contributed by atoms with E-state index in [1.807, 2.05) is 0 Å². The molecule has 0 aliphatic carbocycles. The number of halogens is 2. The number of hydrogen-bond donors (Lipinski definition) is 1. The number of carbonyl (C=O) groups is 4. The van der Waals surface area contributed by atoms with Crippen molar-refractivity contribution in [3.8, 4) is 5.75 Å². The second-order valence-corrected chi connectivity index (χ2v) is 7.45. The van der Waals surface area contributed by atoms with Crippen molar-refractivity contribution >= 4 is 35.1 Å². The smallest absolute Gasteiger partial charge is 0.387 e. The maximum absolute atomic E-state index is 12.7. The molecule has 3 aromatic carbocycles. The fraction of sp³-hybridized carbons (Fsp3) is 0.120. The average Bonchev–Trinajstić information content (AvgIpc) is 3.10. The summed E-state index contributed by atoms with van der Waals surface area (Å²) in [5.74, 6) is -2.95. The molecule has 0 fully saturated rings. The van der Waals surface area contributed by atoms with Crippen molar-refractivity contribution < 1.29 is 37.4 Å². The Morgan fingerprint density at radius 3 is 2.17 bits per heavy atom. The Hall–Kier alpha value is -4.60. The SMILES string of the molecule is CC(OC(=O)c1cccc(N2C(=O)c3ccccc3C2=O)c1)C(=O)Nc1ccccc1OC(F)F. The van der Waals surface area contributed by atoms with Crippen molar-refractivity contribution in [2.24, 2.45) is 0 Å². The van der Waals surface area contributed by atoms with Crippen LogP contribution in [0.5, 0.6) is 5.75 Å². The lowest BCUT2D eigenvalue weighted by Crippen LogP contribution is -2.31. The molecule has 1 atom stereocenters. The molecule has 8 nitrogen and oxygen atoms in total. The van der Waals surface area contributed by atoms with Gasteiger partial charge in [0.05, 0.1) is 28.1 Å². The molecule has 0 saturated carbocycles. The molecule has 1 aliphatic heterocycles. The zero-order valence-electron chi connectivity index (χ0n) is 18.2. The van der Waals surface area contributed by atoms with E-state index in [9.17, 15) is 28.0 Å². The number of rotatable bonds is 7. The number of alkyl halides is 2. The Balaban J connectivity index is 1.46. The molecule has 0 saturated heterocycles. The summed E-state index contributed by atoms with van der Waals surface area (Å²) >= 11 is 0. The van der Waals surface area contributed by atoms with Gasteiger partial charge in [-0.15, -0.1) is 0 Å². The van der Waals surface area contributed by atoms with E-state index in [1.165, 1.54) is 55.5 Å². The van der Waals surface area contributed by atoms with Gasteiger partial charge in [0.2, 0.25) is 0 Å². The topological polar surface area (TPSA) is 102 Å². The molecule has 1 aliphatic rings. The molecule has 0 radical (unpaired) electrons. The van der Waals surface area contributed by atoms with Crippen LogP contribution in [-0.4, -0.2) is 36.4 Å². The zero-order valence-corrected chi connectivity index (χ0v) is 18.2. The monoisotopic (exact) mass is 480 g/mol. The van der Waals surface area contributed by atoms with Crippen molar-refractivity contribution in [3.05, 3.63) is 89.5 Å². The minimum absolute atomic E-state index is 0.000130. The minimum Gasteiger partial charge on any atom is -0.449 e. The van der Waals surface area contributed by atoms with Crippen LogP contribution >= 0.6 is 0 Å². The van der Waals surface area contributed by atoms with Gasteiger partial charge in [-0.05, 0) is 49.4 Å². The zero-order chi connectivity index (χ0) is 25.1. The summed E-state index contributed by atoms with van der Waals surface area (Å²) in [6.45, 7) is -1.78. The number of fused-ring (bicyclic) bond motifs is 1. The molecule has 10 heteroatoms. The van der Waals surface area contributed by atoms with E-state index in [0.29, 0.717) is 0 Å². The average molecular weight is 480 g/mol. The van der Waals surface area contributed by atoms with Gasteiger partial charge in [-0.2, -0.15) is 8.78 Å². The highest BCUT2D eigenvalue weighted by Crippen LogP contribution is 2.29. The lowest BCUT2D eigenvalue weighted by atomic mass is 10.1. The number of para-hydroxylation sites is 2. The summed E-state index contributed by atoms with van der Waals surface area (Å²) < 4.78 is 34.7. The van der Waals surface area contributed by atoms with Gasteiger partial charge in [0, 0.05) is 0 Å². The number of imide groups is 1. The number of carbonyl (C=O) groups excluding carboxylic acids is 4. The first-order valence-corrected chi connectivity index (χ1v) is 10.4. The molecule has 0 spiro atoms. The third kappa shape index (κ3) is 4.86. The fourth-order valence-electron chi connectivity index (χ4n) is 3.48. The van der Waals surface area contributed by atoms with Gasteiger partial charge < -0.3 is 14.8 Å². The Kier molecular flexibility index (Phi) is 6.54. The third-order valence-electron chi connectivity index (χ3n) is 5.15. The molecule has 1 unspecified atom stereocenters. The van der Waals surface area contributed by atoms with Gasteiger partial charge >= 0.3 is 12.6 Å². The standard InChI is InChI=1S/C25H18F2N2O6/c1-14(21(30)28-19-11-4-5-12-20(19)35-25(26)27)34-24(33)15-7-6-8-16(13-15)29-22(31)17-9-2-3-10-18(17)23(29)32/h2-14,25H,1H3,(H,28,30). The molecular formula is C25H18F2N2O6. The predicted octanol–water partition coefficient (Wildman–Crippen LogP) is 4.27. The van der Waals surface area contributed by atoms with Gasteiger partial charge in [-0.3, -0.25) is 14.4 Å². The Morgan fingerprint density at radius 2 is 1.51 bits per heavy atom. The van der Waals surface area contributed by atoms with Gasteiger partial charge in [-0.1, -0.05) is 30.3 Å². The first-order valence-electron chi connectivity index (χ1n) is 10.4. The number of anilines is 2. The highest BCUT2D eigenvalue weighted by Gasteiger charge is 2.36. The molecule has 4 rings (SSSR count). The number of benzene rings is 3. The van der Waals surface area contributed by atoms with E-state index in [-0.39, 0.29) is 33.8 Å². The molecular weight excluding hydrogens is 462 g/mol. The van der Waals surface area contributed by atoms with Crippen LogP contribution < -0.4 is 15.0 Å². The van der Waals surface area contributed by atoms with Crippen LogP contribution in [0, 0.1) is 0 Å². The van der Waals surface area contributed by atoms with E-state index in [0.717, 1.165) is 4.90 Å². The summed E-state index contributed by atoms with van der Waals surface area (Å²) in [5.41, 5.74) is 0.660. The Morgan fingerprint density at radius 1 is 0.886 bits per heavy atom. The molecule has 0 bridgehead atoms. The molecule has 3 aromatic rings. The van der Waals surface area contributed by atoms with Gasteiger partial charge in [-0.25, -0.2) is 9.69 Å². The molecule has 0 aromatic heterocycles. The van der Waals surface area contributed by atoms with Crippen molar-refractivity contribution in [3.63, 3.8) is 0 Å². The van der Waals surface area contributed by atoms with Gasteiger partial charge in [0.25, 0.3) is 17.7 Å². The van der Waals surface area contributed by atoms with Crippen LogP contribution in [0.15, 0.2) is 72.8 Å². The van der Waals surface area contributed by atoms with Crippen molar-refractivity contribution in [2.45, 2.75) is 19.6 Å². The number of amides is 3. The van der Waals surface area contributed by atoms with Gasteiger partial charge in [0.15, 0.2) is 6.10 Å². The molecule has 35 heavy (non-hydrogen) atoms. The summed E-state index contributed by atoms with van der Waals surface area (Å²) in [4.78, 5) is 51.5. The number of ether oxygens (including phenoxy) is 2. The number of nitrogens with zero attached hydrogens (tertiary/aromatic N) is 1. The maximum atomic E-state index is 12.7. The van der Waals surface area contributed by atoms with Gasteiger partial charge in [0.1, 0.15) is 5.75 Å². The van der Waals surface area contributed by atoms with E-state index in [2.05, 4.69) is 10.1 Å². The highest BCUT2D eigenvalue weighted by molar-refractivity contribution is 6.34. The Labute approximate surface area is 198 Å². The molecule has 1 N–H and O–H groups in total. The largest absolute Gasteiger partial charge is 0.449 e. The lowest BCUT2D eigenvalue weighted by molar-refractivity contribution is -0.123. The molecule has 3 amide bonds. The first-order chi connectivity index (χ1) is 16.8. The summed E-state index contributed by atoms with van der Waals surface area (Å²) in [7, 11) is 0. The van der Waals surface area contributed by atoms with Crippen molar-refractivity contribution in [1.82, 2.24) is 0 Å². The van der Waals surface area contributed by atoms with Crippen LogP contribution in [0.2, 0.25) is 0 Å². The van der Waals surface area contributed by atoms with Crippen molar-refractivity contribution in [2.75, 3.05) is 10.2 Å². The highest BCUT2D eigenvalue weighted by atomic mass is 19.3. The predicted molar refractivity (Wildman–Crippen MR) is 121 cm³/mol. The summed E-state index contributed by atoms with van der Waals surface area (Å²) in [6, 6.07) is 17.6. The maximum Gasteiger partial charge on any atom is 0.387 e. The van der Waals surface area contributed by atoms with E-state index in [4.69, 9.17) is 4.74 Å². The van der Waals surface area contributed by atoms with E-state index >= 15 is 0 Å². The third-order valence-corrected chi connectivity index (χ3v) is 5.15. The minimum atomic E-state index is -3.09. The Bertz CT molecular complexity index is 1290. The van der Waals surface area contributed by atoms with Crippen LogP contribution in [0.1, 0.15) is 38.0 Å². The van der Waals surface area contributed by atoms with Crippen molar-refractivity contribution in [1.29, 1.82) is 0 Å². The number of esters is 1. The van der Waals surface area contributed by atoms with Crippen LogP contribution in [0.3, 0.4) is 0 Å². The lowest BCUT2D eigenvalue weighted by Gasteiger charge is -2.17. The summed E-state index contributed by atoms with van der Waals surface area (Å²) in [5, 5.41) is 2.38. The second-order valence-electron chi connectivity index (χ2n) is 7.45. The first kappa shape index (κ1) is 23.6. The van der Waals surface area contributed by atoms with Crippen LogP contribution in [0.25, 0.3) is 0 Å². The summed E-state index contributed by atoms with van der Waals surface area (Å²) in [6.07, 6.45) is -1.30. The fourth-order valence-corrected chi connectivity index (χ4v) is 3.48. The van der Waals surface area contributed by atoms with Crippen LogP contribution in [-0.2, 0) is 9.53 Å². The molecule has 1 heterocycles. The second kappa shape index (κ2) is 9.72.